The van der Waals surface area contributed by atoms with Crippen molar-refractivity contribution in [2.75, 3.05) is 12.9 Å². The van der Waals surface area contributed by atoms with Crippen molar-refractivity contribution in [2.24, 2.45) is 0 Å². The summed E-state index contributed by atoms with van der Waals surface area (Å²) in [6, 6.07) is 7.28. The van der Waals surface area contributed by atoms with Crippen LogP contribution in [-0.2, 0) is 4.79 Å². The van der Waals surface area contributed by atoms with Crippen LogP contribution in [0.4, 0.5) is 0 Å². The molecule has 2 heterocycles. The molecule has 124 valence electrons. The molecule has 6 nitrogen and oxygen atoms in total. The molecule has 0 saturated carbocycles. The Bertz CT molecular complexity index is 892. The van der Waals surface area contributed by atoms with Gasteiger partial charge in [0, 0.05) is 30.9 Å². The van der Waals surface area contributed by atoms with E-state index in [1.165, 1.54) is 14.0 Å². The van der Waals surface area contributed by atoms with E-state index in [1.807, 2.05) is 22.7 Å². The van der Waals surface area contributed by atoms with Crippen LogP contribution in [0.3, 0.4) is 0 Å². The second-order valence-corrected chi connectivity index (χ2v) is 6.20. The number of fused-ring (bicyclic) bond motifs is 1. The lowest BCUT2D eigenvalue weighted by atomic mass is 10.1. The van der Waals surface area contributed by atoms with Gasteiger partial charge in [0.1, 0.15) is 5.65 Å². The van der Waals surface area contributed by atoms with E-state index in [2.05, 4.69) is 11.9 Å². The first kappa shape index (κ1) is 16.3. The first-order valence-electron chi connectivity index (χ1n) is 7.46. The number of aromatic nitrogens is 3. The molecule has 3 rings (SSSR count). The molecular weight excluding hydrogens is 326 g/mol. The number of rotatable bonds is 5. The number of esters is 1. The quantitative estimate of drug-likeness (QED) is 0.306. The Morgan fingerprint density at radius 3 is 2.83 bits per heavy atom. The summed E-state index contributed by atoms with van der Waals surface area (Å²) >= 11 is 1.65. The number of hydrogen-bond acceptors (Lipinski definition) is 6. The molecule has 3 aromatic rings. The normalized spacial score (nSPS) is 10.8. The number of thioether (sulfide) groups is 1. The predicted molar refractivity (Wildman–Crippen MR) is 92.7 cm³/mol. The number of imidazole rings is 1. The zero-order valence-electron chi connectivity index (χ0n) is 13.6. The number of methoxy groups -OCH3 is 1. The summed E-state index contributed by atoms with van der Waals surface area (Å²) in [5.41, 5.74) is 2.49. The van der Waals surface area contributed by atoms with Crippen molar-refractivity contribution in [1.82, 2.24) is 14.4 Å². The molecule has 0 saturated heterocycles. The molecule has 0 unspecified atom stereocenters. The smallest absolute Gasteiger partial charge is 0.308 e. The zero-order valence-corrected chi connectivity index (χ0v) is 14.5. The van der Waals surface area contributed by atoms with Crippen LogP contribution in [-0.4, -0.2) is 33.2 Å². The van der Waals surface area contributed by atoms with E-state index in [9.17, 15) is 4.79 Å². The summed E-state index contributed by atoms with van der Waals surface area (Å²) in [7, 11) is 1.54. The first-order valence-corrected chi connectivity index (χ1v) is 8.44. The SMILES string of the molecule is CCSc1nc(-c2ccc(OC(C)=O)c(OC)c2)cc2nccn12. The predicted octanol–water partition coefficient (Wildman–Crippen LogP) is 3.44. The monoisotopic (exact) mass is 343 g/mol. The average Bonchev–Trinajstić information content (AvgIpc) is 3.03. The lowest BCUT2D eigenvalue weighted by Crippen LogP contribution is -2.03. The van der Waals surface area contributed by atoms with Gasteiger partial charge in [-0.1, -0.05) is 18.7 Å². The summed E-state index contributed by atoms with van der Waals surface area (Å²) in [5, 5.41) is 0.880. The maximum Gasteiger partial charge on any atom is 0.308 e. The molecule has 0 aliphatic rings. The summed E-state index contributed by atoms with van der Waals surface area (Å²) in [6.07, 6.45) is 3.65. The minimum atomic E-state index is -0.389. The number of hydrogen-bond donors (Lipinski definition) is 0. The molecule has 2 aromatic heterocycles. The summed E-state index contributed by atoms with van der Waals surface area (Å²) < 4.78 is 12.4. The highest BCUT2D eigenvalue weighted by atomic mass is 32.2. The molecule has 0 spiro atoms. The van der Waals surface area contributed by atoms with Gasteiger partial charge in [-0.2, -0.15) is 0 Å². The number of carbonyl (C=O) groups is 1. The topological polar surface area (TPSA) is 65.7 Å². The van der Waals surface area contributed by atoms with Gasteiger partial charge in [-0.25, -0.2) is 9.97 Å². The van der Waals surface area contributed by atoms with Gasteiger partial charge >= 0.3 is 5.97 Å². The van der Waals surface area contributed by atoms with E-state index in [-0.39, 0.29) is 5.97 Å². The molecule has 0 atom stereocenters. The lowest BCUT2D eigenvalue weighted by Gasteiger charge is -2.11. The third kappa shape index (κ3) is 3.21. The Kier molecular flexibility index (Phi) is 4.71. The van der Waals surface area contributed by atoms with E-state index in [0.29, 0.717) is 11.5 Å². The van der Waals surface area contributed by atoms with Crippen LogP contribution in [0.5, 0.6) is 11.5 Å². The van der Waals surface area contributed by atoms with Crippen LogP contribution in [0.1, 0.15) is 13.8 Å². The van der Waals surface area contributed by atoms with E-state index < -0.39 is 0 Å². The Morgan fingerprint density at radius 2 is 2.12 bits per heavy atom. The molecule has 0 aliphatic heterocycles. The van der Waals surface area contributed by atoms with Gasteiger partial charge in [0.2, 0.25) is 0 Å². The summed E-state index contributed by atoms with van der Waals surface area (Å²) in [5.74, 6) is 1.40. The average molecular weight is 343 g/mol. The van der Waals surface area contributed by atoms with Crippen molar-refractivity contribution in [2.45, 2.75) is 19.0 Å². The van der Waals surface area contributed by atoms with Crippen LogP contribution in [0.15, 0.2) is 41.8 Å². The van der Waals surface area contributed by atoms with Crippen molar-refractivity contribution in [3.05, 3.63) is 36.7 Å². The van der Waals surface area contributed by atoms with Crippen LogP contribution in [0.25, 0.3) is 16.9 Å². The van der Waals surface area contributed by atoms with E-state index in [1.54, 1.807) is 30.1 Å². The Labute approximate surface area is 143 Å². The Balaban J connectivity index is 2.08. The number of ether oxygens (including phenoxy) is 2. The lowest BCUT2D eigenvalue weighted by molar-refractivity contribution is -0.132. The van der Waals surface area contributed by atoms with Crippen molar-refractivity contribution in [3.63, 3.8) is 0 Å². The molecule has 0 radical (unpaired) electrons. The van der Waals surface area contributed by atoms with E-state index in [0.717, 1.165) is 27.8 Å². The fraction of sp³-hybridized carbons (Fsp3) is 0.235. The fourth-order valence-corrected chi connectivity index (χ4v) is 3.05. The van der Waals surface area contributed by atoms with Crippen LogP contribution >= 0.6 is 11.8 Å². The van der Waals surface area contributed by atoms with Gasteiger partial charge in [-0.3, -0.25) is 9.20 Å². The fourth-order valence-electron chi connectivity index (χ4n) is 2.34. The van der Waals surface area contributed by atoms with Gasteiger partial charge in [-0.15, -0.1) is 0 Å². The van der Waals surface area contributed by atoms with Gasteiger partial charge in [0.15, 0.2) is 16.7 Å². The first-order chi connectivity index (χ1) is 11.6. The maximum atomic E-state index is 11.2. The molecule has 24 heavy (non-hydrogen) atoms. The number of carbonyl (C=O) groups excluding carboxylic acids is 1. The minimum Gasteiger partial charge on any atom is -0.493 e. The second-order valence-electron chi connectivity index (χ2n) is 4.97. The number of benzene rings is 1. The van der Waals surface area contributed by atoms with Gasteiger partial charge < -0.3 is 9.47 Å². The standard InChI is InChI=1S/C17H17N3O3S/c1-4-24-17-19-13(10-16-18-7-8-20(16)17)12-5-6-14(23-11(2)21)15(9-12)22-3/h5-10H,4H2,1-3H3. The molecule has 1 aromatic carbocycles. The summed E-state index contributed by atoms with van der Waals surface area (Å²) in [6.45, 7) is 3.44. The highest BCUT2D eigenvalue weighted by Crippen LogP contribution is 2.33. The molecule has 7 heteroatoms. The Morgan fingerprint density at radius 1 is 1.29 bits per heavy atom. The van der Waals surface area contributed by atoms with E-state index in [4.69, 9.17) is 14.5 Å². The molecule has 0 aliphatic carbocycles. The third-order valence-electron chi connectivity index (χ3n) is 3.34. The Hall–Kier alpha value is -2.54. The van der Waals surface area contributed by atoms with E-state index >= 15 is 0 Å². The molecule has 0 N–H and O–H groups in total. The van der Waals surface area contributed by atoms with Gasteiger partial charge in [0.05, 0.1) is 12.8 Å². The largest absolute Gasteiger partial charge is 0.493 e. The van der Waals surface area contributed by atoms with Crippen LogP contribution in [0.2, 0.25) is 0 Å². The number of nitrogens with zero attached hydrogens (tertiary/aromatic N) is 3. The minimum absolute atomic E-state index is 0.388. The third-order valence-corrected chi connectivity index (χ3v) is 4.18. The summed E-state index contributed by atoms with van der Waals surface area (Å²) in [4.78, 5) is 20.2. The molecular formula is C17H17N3O3S. The molecule has 0 bridgehead atoms. The van der Waals surface area contributed by atoms with Crippen molar-refractivity contribution >= 4 is 23.4 Å². The maximum absolute atomic E-state index is 11.2. The van der Waals surface area contributed by atoms with Crippen molar-refractivity contribution in [1.29, 1.82) is 0 Å². The molecule has 0 amide bonds. The van der Waals surface area contributed by atoms with Gasteiger partial charge in [-0.05, 0) is 24.0 Å². The second kappa shape index (κ2) is 6.92. The van der Waals surface area contributed by atoms with Crippen LogP contribution < -0.4 is 9.47 Å². The molecule has 0 fully saturated rings. The van der Waals surface area contributed by atoms with Crippen molar-refractivity contribution in [3.8, 4) is 22.8 Å². The van der Waals surface area contributed by atoms with Crippen molar-refractivity contribution < 1.29 is 14.3 Å². The zero-order chi connectivity index (χ0) is 17.1. The highest BCUT2D eigenvalue weighted by Gasteiger charge is 2.12. The van der Waals surface area contributed by atoms with Crippen LogP contribution in [0, 0.1) is 0 Å². The van der Waals surface area contributed by atoms with Gasteiger partial charge in [0.25, 0.3) is 0 Å². The highest BCUT2D eigenvalue weighted by molar-refractivity contribution is 7.99.